The Morgan fingerprint density at radius 2 is 2.04 bits per heavy atom. The van der Waals surface area contributed by atoms with E-state index in [1.54, 1.807) is 23.0 Å². The van der Waals surface area contributed by atoms with E-state index in [4.69, 9.17) is 4.74 Å². The van der Waals surface area contributed by atoms with Crippen molar-refractivity contribution < 1.29 is 19.1 Å². The molecule has 128 valence electrons. The largest absolute Gasteiger partial charge is 0.495 e. The highest BCUT2D eigenvalue weighted by Gasteiger charge is 2.38. The summed E-state index contributed by atoms with van der Waals surface area (Å²) in [4.78, 5) is 39.8. The summed E-state index contributed by atoms with van der Waals surface area (Å²) in [5, 5.41) is 2.75. The van der Waals surface area contributed by atoms with Gasteiger partial charge in [0, 0.05) is 39.0 Å². The van der Waals surface area contributed by atoms with Crippen molar-refractivity contribution >= 4 is 23.4 Å². The number of anilines is 1. The molecule has 7 nitrogen and oxygen atoms in total. The highest BCUT2D eigenvalue weighted by atomic mass is 16.5. The Balaban J connectivity index is 1.72. The van der Waals surface area contributed by atoms with E-state index in [0.29, 0.717) is 44.0 Å². The van der Waals surface area contributed by atoms with Gasteiger partial charge in [-0.25, -0.2) is 0 Å². The number of amides is 3. The molecule has 0 aliphatic carbocycles. The summed E-state index contributed by atoms with van der Waals surface area (Å²) in [5.74, 6) is 0.0571. The zero-order chi connectivity index (χ0) is 17.1. The van der Waals surface area contributed by atoms with Crippen molar-refractivity contribution in [2.45, 2.75) is 12.8 Å². The molecule has 1 N–H and O–H groups in total. The summed E-state index contributed by atoms with van der Waals surface area (Å²) in [7, 11) is 1.56. The van der Waals surface area contributed by atoms with Crippen LogP contribution >= 0.6 is 0 Å². The number of hydrogen-bond acceptors (Lipinski definition) is 4. The summed E-state index contributed by atoms with van der Waals surface area (Å²) in [6, 6.07) is 7.29. The van der Waals surface area contributed by atoms with Crippen molar-refractivity contribution in [2.24, 2.45) is 5.92 Å². The van der Waals surface area contributed by atoms with Crippen LogP contribution < -0.4 is 15.0 Å². The fourth-order valence-electron chi connectivity index (χ4n) is 3.20. The third kappa shape index (κ3) is 3.20. The first-order valence-electron chi connectivity index (χ1n) is 8.09. The minimum Gasteiger partial charge on any atom is -0.495 e. The third-order valence-electron chi connectivity index (χ3n) is 4.47. The van der Waals surface area contributed by atoms with Crippen LogP contribution in [0, 0.1) is 5.92 Å². The lowest BCUT2D eigenvalue weighted by Crippen LogP contribution is -2.39. The summed E-state index contributed by atoms with van der Waals surface area (Å²) < 4.78 is 5.31. The maximum Gasteiger partial charge on any atom is 0.228 e. The molecule has 2 heterocycles. The van der Waals surface area contributed by atoms with E-state index in [0.717, 1.165) is 0 Å². The van der Waals surface area contributed by atoms with Crippen LogP contribution in [0.25, 0.3) is 0 Å². The van der Waals surface area contributed by atoms with Crippen LogP contribution in [0.2, 0.25) is 0 Å². The minimum atomic E-state index is -0.379. The van der Waals surface area contributed by atoms with Crippen LogP contribution in [0.3, 0.4) is 0 Å². The lowest BCUT2D eigenvalue weighted by molar-refractivity contribution is -0.135. The van der Waals surface area contributed by atoms with Gasteiger partial charge in [0.15, 0.2) is 0 Å². The molecule has 0 aromatic heterocycles. The molecule has 0 unspecified atom stereocenters. The van der Waals surface area contributed by atoms with E-state index in [9.17, 15) is 14.4 Å². The van der Waals surface area contributed by atoms with Crippen LogP contribution in [-0.4, -0.2) is 55.9 Å². The van der Waals surface area contributed by atoms with Crippen molar-refractivity contribution in [3.05, 3.63) is 24.3 Å². The van der Waals surface area contributed by atoms with Crippen molar-refractivity contribution in [2.75, 3.05) is 38.2 Å². The fourth-order valence-corrected chi connectivity index (χ4v) is 3.20. The highest BCUT2D eigenvalue weighted by molar-refractivity contribution is 6.01. The number of hydrogen-bond donors (Lipinski definition) is 1. The molecule has 0 bridgehead atoms. The molecule has 1 atom stereocenters. The van der Waals surface area contributed by atoms with Gasteiger partial charge in [0.25, 0.3) is 0 Å². The van der Waals surface area contributed by atoms with Crippen LogP contribution in [0.5, 0.6) is 5.75 Å². The smallest absolute Gasteiger partial charge is 0.228 e. The van der Waals surface area contributed by atoms with Crippen molar-refractivity contribution in [3.8, 4) is 5.75 Å². The first kappa shape index (κ1) is 16.3. The Labute approximate surface area is 140 Å². The first-order valence-corrected chi connectivity index (χ1v) is 8.09. The molecule has 1 aromatic rings. The Bertz CT molecular complexity index is 661. The van der Waals surface area contributed by atoms with Gasteiger partial charge in [-0.2, -0.15) is 0 Å². The molecule has 2 aliphatic heterocycles. The molecule has 2 fully saturated rings. The van der Waals surface area contributed by atoms with E-state index in [-0.39, 0.29) is 30.1 Å². The number of methoxy groups -OCH3 is 1. The minimum absolute atomic E-state index is 0.0385. The maximum atomic E-state index is 12.7. The second-order valence-electron chi connectivity index (χ2n) is 6.00. The van der Waals surface area contributed by atoms with E-state index in [1.165, 1.54) is 0 Å². The zero-order valence-corrected chi connectivity index (χ0v) is 13.7. The van der Waals surface area contributed by atoms with Crippen molar-refractivity contribution in [3.63, 3.8) is 0 Å². The number of ether oxygens (including phenoxy) is 1. The fraction of sp³-hybridized carbons (Fsp3) is 0.471. The summed E-state index contributed by atoms with van der Waals surface area (Å²) in [6.45, 7) is 1.70. The number of rotatable bonds is 3. The van der Waals surface area contributed by atoms with E-state index in [1.807, 2.05) is 18.2 Å². The van der Waals surface area contributed by atoms with E-state index < -0.39 is 0 Å². The predicted octanol–water partition coefficient (Wildman–Crippen LogP) is 0.397. The van der Waals surface area contributed by atoms with Crippen LogP contribution in [-0.2, 0) is 14.4 Å². The molecular formula is C17H21N3O4. The highest BCUT2D eigenvalue weighted by Crippen LogP contribution is 2.33. The Morgan fingerprint density at radius 3 is 2.83 bits per heavy atom. The van der Waals surface area contributed by atoms with Gasteiger partial charge in [-0.1, -0.05) is 12.1 Å². The standard InChI is InChI=1S/C17H21N3O4/c1-24-14-5-3-2-4-13(14)20-11-12(10-16(20)22)17(23)19-8-6-15(21)18-7-9-19/h2-5,12H,6-11H2,1H3,(H,18,21)/t12-/m0/s1. The summed E-state index contributed by atoms with van der Waals surface area (Å²) in [6.07, 6.45) is 0.497. The zero-order valence-electron chi connectivity index (χ0n) is 13.7. The number of benzene rings is 1. The first-order chi connectivity index (χ1) is 11.6. The van der Waals surface area contributed by atoms with Crippen LogP contribution in [0.15, 0.2) is 24.3 Å². The van der Waals surface area contributed by atoms with Crippen LogP contribution in [0.4, 0.5) is 5.69 Å². The predicted molar refractivity (Wildman–Crippen MR) is 87.7 cm³/mol. The molecule has 2 saturated heterocycles. The monoisotopic (exact) mass is 331 g/mol. The lowest BCUT2D eigenvalue weighted by atomic mass is 10.1. The van der Waals surface area contributed by atoms with Gasteiger partial charge in [0.05, 0.1) is 18.7 Å². The molecule has 0 radical (unpaired) electrons. The van der Waals surface area contributed by atoms with Gasteiger partial charge in [0.2, 0.25) is 17.7 Å². The average Bonchev–Trinajstić information content (AvgIpc) is 2.84. The summed E-state index contributed by atoms with van der Waals surface area (Å²) >= 11 is 0. The van der Waals surface area contributed by atoms with Crippen molar-refractivity contribution in [1.29, 1.82) is 0 Å². The molecular weight excluding hydrogens is 310 g/mol. The molecule has 1 aromatic carbocycles. The number of carbonyl (C=O) groups is 3. The third-order valence-corrected chi connectivity index (χ3v) is 4.47. The molecule has 3 rings (SSSR count). The molecule has 3 amide bonds. The second-order valence-corrected chi connectivity index (χ2v) is 6.00. The van der Waals surface area contributed by atoms with E-state index in [2.05, 4.69) is 5.32 Å². The average molecular weight is 331 g/mol. The Kier molecular flexibility index (Phi) is 4.69. The number of carbonyl (C=O) groups excluding carboxylic acids is 3. The maximum absolute atomic E-state index is 12.7. The number of nitrogens with one attached hydrogen (secondary N) is 1. The van der Waals surface area contributed by atoms with Crippen LogP contribution in [0.1, 0.15) is 12.8 Å². The van der Waals surface area contributed by atoms with Gasteiger partial charge in [-0.05, 0) is 12.1 Å². The normalized spacial score (nSPS) is 21.5. The van der Waals surface area contributed by atoms with Gasteiger partial charge in [0.1, 0.15) is 5.75 Å². The van der Waals surface area contributed by atoms with E-state index >= 15 is 0 Å². The number of nitrogens with zero attached hydrogens (tertiary/aromatic N) is 2. The topological polar surface area (TPSA) is 79.0 Å². The molecule has 2 aliphatic rings. The van der Waals surface area contributed by atoms with Gasteiger partial charge >= 0.3 is 0 Å². The SMILES string of the molecule is COc1ccccc1N1C[C@@H](C(=O)N2CCNC(=O)CC2)CC1=O. The van der Waals surface area contributed by atoms with Gasteiger partial charge in [-0.3, -0.25) is 14.4 Å². The Hall–Kier alpha value is -2.57. The van der Waals surface area contributed by atoms with Gasteiger partial charge < -0.3 is 19.9 Å². The van der Waals surface area contributed by atoms with Crippen molar-refractivity contribution in [1.82, 2.24) is 10.2 Å². The number of para-hydroxylation sites is 2. The molecule has 0 saturated carbocycles. The molecule has 0 spiro atoms. The lowest BCUT2D eigenvalue weighted by Gasteiger charge is -2.23. The molecule has 7 heteroatoms. The second kappa shape index (κ2) is 6.90. The van der Waals surface area contributed by atoms with Gasteiger partial charge in [-0.15, -0.1) is 0 Å². The quantitative estimate of drug-likeness (QED) is 0.869. The summed E-state index contributed by atoms with van der Waals surface area (Å²) in [5.41, 5.74) is 0.688. The Morgan fingerprint density at radius 1 is 1.25 bits per heavy atom. The molecule has 24 heavy (non-hydrogen) atoms.